The molecule has 1 aliphatic heterocycles. The van der Waals surface area contributed by atoms with Crippen molar-refractivity contribution in [2.45, 2.75) is 49.5 Å². The summed E-state index contributed by atoms with van der Waals surface area (Å²) in [6.07, 6.45) is 8.79. The third-order valence-electron chi connectivity index (χ3n) is 5.93. The van der Waals surface area contributed by atoms with Crippen LogP contribution in [0.5, 0.6) is 5.75 Å². The second-order valence-electron chi connectivity index (χ2n) is 8.06. The number of benzene rings is 2. The van der Waals surface area contributed by atoms with Gasteiger partial charge in [-0.1, -0.05) is 55.6 Å². The van der Waals surface area contributed by atoms with Crippen molar-refractivity contribution in [2.24, 2.45) is 0 Å². The van der Waals surface area contributed by atoms with E-state index in [1.54, 1.807) is 19.1 Å². The van der Waals surface area contributed by atoms with Crippen LogP contribution in [0.25, 0.3) is 6.08 Å². The van der Waals surface area contributed by atoms with Gasteiger partial charge in [0.25, 0.3) is 11.8 Å². The van der Waals surface area contributed by atoms with Crippen LogP contribution in [0.4, 0.5) is 5.69 Å². The van der Waals surface area contributed by atoms with Crippen molar-refractivity contribution in [3.05, 3.63) is 58.5 Å². The average molecular weight is 437 g/mol. The van der Waals surface area contributed by atoms with E-state index in [1.807, 2.05) is 48.5 Å². The van der Waals surface area contributed by atoms with Gasteiger partial charge in [-0.15, -0.1) is 0 Å². The first-order valence-corrected chi connectivity index (χ1v) is 11.6. The van der Waals surface area contributed by atoms with Crippen LogP contribution < -0.4 is 15.0 Å². The molecule has 1 N–H and O–H groups in total. The molecule has 0 unspecified atom stereocenters. The molecule has 5 nitrogen and oxygen atoms in total. The highest BCUT2D eigenvalue weighted by Gasteiger charge is 2.28. The fourth-order valence-electron chi connectivity index (χ4n) is 4.15. The molecule has 2 amide bonds. The maximum Gasteiger partial charge on any atom is 0.264 e. The fourth-order valence-corrected chi connectivity index (χ4v) is 5.24. The molecule has 2 aromatic rings. The number of rotatable bonds is 4. The molecule has 2 aliphatic rings. The SMILES string of the molecule is COc1ccccc1/C=C1/Sc2ccc(C(=O)NC3CCCCCC3)cc2N(C)C1=O. The van der Waals surface area contributed by atoms with Gasteiger partial charge in [-0.05, 0) is 43.2 Å². The molecule has 1 fully saturated rings. The maximum atomic E-state index is 13.0. The number of methoxy groups -OCH3 is 1. The third-order valence-corrected chi connectivity index (χ3v) is 7.01. The number of fused-ring (bicyclic) bond motifs is 1. The molecule has 1 aliphatic carbocycles. The molecule has 0 bridgehead atoms. The van der Waals surface area contributed by atoms with Crippen LogP contribution in [0, 0.1) is 0 Å². The molecule has 1 heterocycles. The van der Waals surface area contributed by atoms with E-state index in [1.165, 1.54) is 37.4 Å². The van der Waals surface area contributed by atoms with Gasteiger partial charge >= 0.3 is 0 Å². The number of nitrogens with zero attached hydrogens (tertiary/aromatic N) is 1. The zero-order valence-corrected chi connectivity index (χ0v) is 18.8. The molecule has 0 atom stereocenters. The summed E-state index contributed by atoms with van der Waals surface area (Å²) < 4.78 is 5.41. The Bertz CT molecular complexity index is 1010. The van der Waals surface area contributed by atoms with Crippen LogP contribution in [0.2, 0.25) is 0 Å². The number of nitrogens with one attached hydrogen (secondary N) is 1. The summed E-state index contributed by atoms with van der Waals surface area (Å²) >= 11 is 1.42. The number of ether oxygens (including phenoxy) is 1. The second kappa shape index (κ2) is 9.60. The highest BCUT2D eigenvalue weighted by molar-refractivity contribution is 8.04. The predicted octanol–water partition coefficient (Wildman–Crippen LogP) is 5.26. The highest BCUT2D eigenvalue weighted by Crippen LogP contribution is 2.42. The van der Waals surface area contributed by atoms with Crippen LogP contribution in [0.3, 0.4) is 0 Å². The molecule has 2 aromatic carbocycles. The maximum absolute atomic E-state index is 13.0. The van der Waals surface area contributed by atoms with Crippen molar-refractivity contribution < 1.29 is 14.3 Å². The van der Waals surface area contributed by atoms with Crippen molar-refractivity contribution in [3.63, 3.8) is 0 Å². The smallest absolute Gasteiger partial charge is 0.264 e. The molecule has 4 rings (SSSR count). The van der Waals surface area contributed by atoms with Crippen LogP contribution in [0.15, 0.2) is 52.3 Å². The Hall–Kier alpha value is -2.73. The minimum Gasteiger partial charge on any atom is -0.496 e. The van der Waals surface area contributed by atoms with Gasteiger partial charge in [0, 0.05) is 29.1 Å². The van der Waals surface area contributed by atoms with Crippen molar-refractivity contribution in [3.8, 4) is 5.75 Å². The lowest BCUT2D eigenvalue weighted by Gasteiger charge is -2.27. The number of para-hydroxylation sites is 1. The van der Waals surface area contributed by atoms with Crippen LogP contribution >= 0.6 is 11.8 Å². The molecule has 162 valence electrons. The Kier molecular flexibility index (Phi) is 6.66. The van der Waals surface area contributed by atoms with Gasteiger partial charge < -0.3 is 15.0 Å². The first-order chi connectivity index (χ1) is 15.1. The summed E-state index contributed by atoms with van der Waals surface area (Å²) in [5, 5.41) is 3.19. The Morgan fingerprint density at radius 3 is 2.61 bits per heavy atom. The number of thioether (sulfide) groups is 1. The van der Waals surface area contributed by atoms with Gasteiger partial charge in [0.1, 0.15) is 5.75 Å². The number of carbonyl (C=O) groups excluding carboxylic acids is 2. The number of likely N-dealkylation sites (N-methyl/N-ethyl adjacent to an activating group) is 1. The van der Waals surface area contributed by atoms with E-state index in [9.17, 15) is 9.59 Å². The lowest BCUT2D eigenvalue weighted by atomic mass is 10.1. The summed E-state index contributed by atoms with van der Waals surface area (Å²) in [6, 6.07) is 13.5. The van der Waals surface area contributed by atoms with Gasteiger partial charge in [-0.25, -0.2) is 0 Å². The largest absolute Gasteiger partial charge is 0.496 e. The van der Waals surface area contributed by atoms with Crippen LogP contribution in [-0.2, 0) is 4.79 Å². The van der Waals surface area contributed by atoms with Gasteiger partial charge in [0.15, 0.2) is 0 Å². The topological polar surface area (TPSA) is 58.6 Å². The molecule has 0 spiro atoms. The zero-order chi connectivity index (χ0) is 21.8. The van der Waals surface area contributed by atoms with E-state index in [0.717, 1.165) is 34.7 Å². The molecule has 1 saturated carbocycles. The van der Waals surface area contributed by atoms with E-state index in [2.05, 4.69) is 5.32 Å². The number of hydrogen-bond acceptors (Lipinski definition) is 4. The highest BCUT2D eigenvalue weighted by atomic mass is 32.2. The lowest BCUT2D eigenvalue weighted by molar-refractivity contribution is -0.114. The second-order valence-corrected chi connectivity index (χ2v) is 9.15. The van der Waals surface area contributed by atoms with Gasteiger partial charge in [0.05, 0.1) is 17.7 Å². The normalized spacial score (nSPS) is 18.5. The number of amides is 2. The minimum atomic E-state index is -0.0928. The molecule has 0 aromatic heterocycles. The summed E-state index contributed by atoms with van der Waals surface area (Å²) in [4.78, 5) is 29.0. The lowest BCUT2D eigenvalue weighted by Crippen LogP contribution is -2.35. The third kappa shape index (κ3) is 4.79. The Labute approximate surface area is 187 Å². The predicted molar refractivity (Wildman–Crippen MR) is 126 cm³/mol. The van der Waals surface area contributed by atoms with Crippen LogP contribution in [0.1, 0.15) is 54.4 Å². The molecule has 6 heteroatoms. The minimum absolute atomic E-state index is 0.0593. The van der Waals surface area contributed by atoms with Gasteiger partial charge in [0.2, 0.25) is 0 Å². The van der Waals surface area contributed by atoms with Gasteiger partial charge in [-0.3, -0.25) is 9.59 Å². The monoisotopic (exact) mass is 436 g/mol. The summed E-state index contributed by atoms with van der Waals surface area (Å²) in [6.45, 7) is 0. The average Bonchev–Trinajstić information content (AvgIpc) is 3.06. The van der Waals surface area contributed by atoms with Crippen LogP contribution in [-0.4, -0.2) is 32.0 Å². The summed E-state index contributed by atoms with van der Waals surface area (Å²) in [5.74, 6) is 0.572. The van der Waals surface area contributed by atoms with E-state index >= 15 is 0 Å². The molecule has 31 heavy (non-hydrogen) atoms. The Balaban J connectivity index is 1.56. The fraction of sp³-hybridized carbons (Fsp3) is 0.360. The standard InChI is InChI=1S/C25H28N2O3S/c1-27-20-15-18(24(28)26-19-10-5-3-4-6-11-19)13-14-22(20)31-23(25(27)29)16-17-9-7-8-12-21(17)30-2/h7-9,12-16,19H,3-6,10-11H2,1-2H3,(H,26,28)/b23-16+. The quantitative estimate of drug-likeness (QED) is 0.525. The first-order valence-electron chi connectivity index (χ1n) is 10.8. The van der Waals surface area contributed by atoms with Crippen molar-refractivity contribution in [2.75, 3.05) is 19.1 Å². The summed E-state index contributed by atoms with van der Waals surface area (Å²) in [5.41, 5.74) is 2.22. The number of carbonyl (C=O) groups is 2. The Morgan fingerprint density at radius 2 is 1.87 bits per heavy atom. The molecular formula is C25H28N2O3S. The van der Waals surface area contributed by atoms with E-state index in [4.69, 9.17) is 4.74 Å². The van der Waals surface area contributed by atoms with E-state index in [-0.39, 0.29) is 17.9 Å². The van der Waals surface area contributed by atoms with E-state index in [0.29, 0.717) is 10.5 Å². The van der Waals surface area contributed by atoms with Crippen molar-refractivity contribution >= 4 is 35.3 Å². The molecule has 0 radical (unpaired) electrons. The van der Waals surface area contributed by atoms with Crippen molar-refractivity contribution in [1.82, 2.24) is 5.32 Å². The van der Waals surface area contributed by atoms with Gasteiger partial charge in [-0.2, -0.15) is 0 Å². The first kappa shape index (κ1) is 21.5. The molecule has 0 saturated heterocycles. The van der Waals surface area contributed by atoms with E-state index < -0.39 is 0 Å². The Morgan fingerprint density at radius 1 is 1.13 bits per heavy atom. The zero-order valence-electron chi connectivity index (χ0n) is 18.0. The summed E-state index contributed by atoms with van der Waals surface area (Å²) in [7, 11) is 3.38. The number of anilines is 1. The molecular weight excluding hydrogens is 408 g/mol. The number of hydrogen-bond donors (Lipinski definition) is 1. The van der Waals surface area contributed by atoms with Crippen molar-refractivity contribution in [1.29, 1.82) is 0 Å².